The zero-order valence-electron chi connectivity index (χ0n) is 16.5. The van der Waals surface area contributed by atoms with Gasteiger partial charge in [0.05, 0.1) is 25.3 Å². The Hall–Kier alpha value is -2.12. The summed E-state index contributed by atoms with van der Waals surface area (Å²) in [7, 11) is 0. The molecule has 4 atom stereocenters. The van der Waals surface area contributed by atoms with Gasteiger partial charge in [-0.1, -0.05) is 73.5 Å². The molecule has 1 aliphatic heterocycles. The number of ether oxygens (including phenoxy) is 2. The summed E-state index contributed by atoms with van der Waals surface area (Å²) in [5.74, 6) is 6.52. The van der Waals surface area contributed by atoms with Gasteiger partial charge < -0.3 is 9.47 Å². The van der Waals surface area contributed by atoms with Gasteiger partial charge in [0.15, 0.2) is 6.29 Å². The molecule has 0 aromatic heterocycles. The van der Waals surface area contributed by atoms with Crippen LogP contribution in [0.1, 0.15) is 44.4 Å². The summed E-state index contributed by atoms with van der Waals surface area (Å²) in [5, 5.41) is 0. The van der Waals surface area contributed by atoms with Gasteiger partial charge in [0.1, 0.15) is 0 Å². The Balaban J connectivity index is 1.86. The molecule has 142 valence electrons. The fourth-order valence-corrected chi connectivity index (χ4v) is 3.48. The van der Waals surface area contributed by atoms with Crippen molar-refractivity contribution in [2.75, 3.05) is 6.54 Å². The first-order valence-electron chi connectivity index (χ1n) is 9.78. The van der Waals surface area contributed by atoms with Crippen LogP contribution in [-0.4, -0.2) is 29.9 Å². The van der Waals surface area contributed by atoms with Crippen molar-refractivity contribution >= 4 is 0 Å². The zero-order valence-corrected chi connectivity index (χ0v) is 16.5. The normalized spacial score (nSPS) is 25.6. The molecule has 1 saturated heterocycles. The van der Waals surface area contributed by atoms with E-state index < -0.39 is 0 Å². The maximum atomic E-state index is 6.31. The highest BCUT2D eigenvalue weighted by atomic mass is 16.7. The van der Waals surface area contributed by atoms with E-state index in [2.05, 4.69) is 73.9 Å². The van der Waals surface area contributed by atoms with E-state index in [1.807, 2.05) is 24.3 Å². The summed E-state index contributed by atoms with van der Waals surface area (Å²) >= 11 is 0. The minimum Gasteiger partial charge on any atom is -0.346 e. The van der Waals surface area contributed by atoms with Gasteiger partial charge in [0, 0.05) is 12.5 Å². The summed E-state index contributed by atoms with van der Waals surface area (Å²) in [5.41, 5.74) is 2.35. The van der Waals surface area contributed by atoms with E-state index >= 15 is 0 Å². The third-order valence-electron chi connectivity index (χ3n) is 5.13. The molecule has 2 aromatic carbocycles. The zero-order chi connectivity index (χ0) is 19.1. The van der Waals surface area contributed by atoms with E-state index in [0.717, 1.165) is 12.0 Å². The van der Waals surface area contributed by atoms with Gasteiger partial charge in [-0.15, -0.1) is 5.92 Å². The third kappa shape index (κ3) is 4.99. The molecule has 3 nitrogen and oxygen atoms in total. The maximum absolute atomic E-state index is 6.31. The molecule has 1 fully saturated rings. The lowest BCUT2D eigenvalue weighted by atomic mass is 9.98. The van der Waals surface area contributed by atoms with E-state index in [1.165, 1.54) is 5.56 Å². The number of benzene rings is 2. The summed E-state index contributed by atoms with van der Waals surface area (Å²) in [6.07, 6.45) is 0.620. The summed E-state index contributed by atoms with van der Waals surface area (Å²) in [4.78, 5) is 2.42. The fraction of sp³-hybridized carbons (Fsp3) is 0.417. The predicted molar refractivity (Wildman–Crippen MR) is 109 cm³/mol. The molecular formula is C24H29NO2. The SMILES string of the molecule is CCC#CCN1C(C)C(C)OC(OCc2ccccc2)C1c1ccccc1. The van der Waals surface area contributed by atoms with Crippen LogP contribution in [0.4, 0.5) is 0 Å². The second-order valence-electron chi connectivity index (χ2n) is 6.98. The van der Waals surface area contributed by atoms with Crippen LogP contribution in [0.3, 0.4) is 0 Å². The van der Waals surface area contributed by atoms with E-state index in [1.54, 1.807) is 0 Å². The molecule has 2 aromatic rings. The molecule has 1 heterocycles. The average molecular weight is 364 g/mol. The molecule has 0 amide bonds. The lowest BCUT2D eigenvalue weighted by molar-refractivity contribution is -0.253. The second-order valence-corrected chi connectivity index (χ2v) is 6.98. The van der Waals surface area contributed by atoms with E-state index in [9.17, 15) is 0 Å². The molecule has 0 radical (unpaired) electrons. The quantitative estimate of drug-likeness (QED) is 0.713. The maximum Gasteiger partial charge on any atom is 0.177 e. The Labute approximate surface area is 163 Å². The Morgan fingerprint density at radius 3 is 2.30 bits per heavy atom. The Bertz CT molecular complexity index is 750. The molecule has 0 aliphatic carbocycles. The van der Waals surface area contributed by atoms with Crippen molar-refractivity contribution in [2.45, 2.75) is 58.3 Å². The topological polar surface area (TPSA) is 21.7 Å². The molecule has 3 rings (SSSR count). The average Bonchev–Trinajstić information content (AvgIpc) is 2.71. The van der Waals surface area contributed by atoms with Gasteiger partial charge in [0.2, 0.25) is 0 Å². The van der Waals surface area contributed by atoms with Crippen molar-refractivity contribution in [2.24, 2.45) is 0 Å². The molecule has 1 aliphatic rings. The summed E-state index contributed by atoms with van der Waals surface area (Å²) in [6.45, 7) is 7.66. The van der Waals surface area contributed by atoms with Crippen molar-refractivity contribution in [1.82, 2.24) is 4.90 Å². The van der Waals surface area contributed by atoms with Crippen molar-refractivity contribution < 1.29 is 9.47 Å². The minimum absolute atomic E-state index is 0.0206. The second kappa shape index (κ2) is 9.71. The van der Waals surface area contributed by atoms with Crippen molar-refractivity contribution in [1.29, 1.82) is 0 Å². The van der Waals surface area contributed by atoms with Crippen molar-refractivity contribution in [3.05, 3.63) is 71.8 Å². The first-order valence-corrected chi connectivity index (χ1v) is 9.78. The lowest BCUT2D eigenvalue weighted by Gasteiger charge is -2.47. The van der Waals surface area contributed by atoms with Crippen LogP contribution in [-0.2, 0) is 16.1 Å². The molecule has 3 heteroatoms. The Morgan fingerprint density at radius 2 is 1.63 bits per heavy atom. The van der Waals surface area contributed by atoms with Crippen LogP contribution < -0.4 is 0 Å². The van der Waals surface area contributed by atoms with Crippen LogP contribution >= 0.6 is 0 Å². The first-order chi connectivity index (χ1) is 13.2. The molecular weight excluding hydrogens is 334 g/mol. The van der Waals surface area contributed by atoms with E-state index in [0.29, 0.717) is 13.2 Å². The Kier molecular flexibility index (Phi) is 7.06. The molecule has 0 spiro atoms. The number of morpholine rings is 1. The van der Waals surface area contributed by atoms with Gasteiger partial charge in [-0.05, 0) is 25.0 Å². The van der Waals surface area contributed by atoms with Crippen LogP contribution in [0.5, 0.6) is 0 Å². The molecule has 4 unspecified atom stereocenters. The van der Waals surface area contributed by atoms with Crippen molar-refractivity contribution in [3.63, 3.8) is 0 Å². The standard InChI is InChI=1S/C24H29NO2/c1-4-5-12-17-25-19(2)20(3)27-24(23(25)22-15-10-7-11-16-22)26-18-21-13-8-6-9-14-21/h6-11,13-16,19-20,23-24H,4,17-18H2,1-3H3. The van der Waals surface area contributed by atoms with Gasteiger partial charge in [-0.25, -0.2) is 0 Å². The highest BCUT2D eigenvalue weighted by Crippen LogP contribution is 2.35. The van der Waals surface area contributed by atoms with Gasteiger partial charge >= 0.3 is 0 Å². The smallest absolute Gasteiger partial charge is 0.177 e. The molecule has 0 N–H and O–H groups in total. The van der Waals surface area contributed by atoms with E-state index in [4.69, 9.17) is 9.47 Å². The van der Waals surface area contributed by atoms with Gasteiger partial charge in [0.25, 0.3) is 0 Å². The summed E-state index contributed by atoms with van der Waals surface area (Å²) < 4.78 is 12.6. The summed E-state index contributed by atoms with van der Waals surface area (Å²) in [6, 6.07) is 21.0. The third-order valence-corrected chi connectivity index (χ3v) is 5.13. The Morgan fingerprint density at radius 1 is 0.963 bits per heavy atom. The lowest BCUT2D eigenvalue weighted by Crippen LogP contribution is -2.55. The van der Waals surface area contributed by atoms with Crippen LogP contribution in [0.2, 0.25) is 0 Å². The largest absolute Gasteiger partial charge is 0.346 e. The highest BCUT2D eigenvalue weighted by molar-refractivity contribution is 5.22. The van der Waals surface area contributed by atoms with Crippen LogP contribution in [0.15, 0.2) is 60.7 Å². The van der Waals surface area contributed by atoms with Crippen LogP contribution in [0.25, 0.3) is 0 Å². The molecule has 27 heavy (non-hydrogen) atoms. The van der Waals surface area contributed by atoms with Gasteiger partial charge in [-0.3, -0.25) is 4.90 Å². The molecule has 0 saturated carbocycles. The molecule has 0 bridgehead atoms. The number of hydrogen-bond donors (Lipinski definition) is 0. The monoisotopic (exact) mass is 363 g/mol. The van der Waals surface area contributed by atoms with Crippen molar-refractivity contribution in [3.8, 4) is 11.8 Å². The fourth-order valence-electron chi connectivity index (χ4n) is 3.48. The minimum atomic E-state index is -0.331. The van der Waals surface area contributed by atoms with E-state index in [-0.39, 0.29) is 24.5 Å². The number of hydrogen-bond acceptors (Lipinski definition) is 3. The predicted octanol–water partition coefficient (Wildman–Crippen LogP) is 4.79. The number of rotatable bonds is 5. The first kappa shape index (κ1) is 19.6. The number of nitrogens with zero attached hydrogens (tertiary/aromatic N) is 1. The van der Waals surface area contributed by atoms with Crippen LogP contribution in [0, 0.1) is 11.8 Å². The highest BCUT2D eigenvalue weighted by Gasteiger charge is 2.41. The van der Waals surface area contributed by atoms with Gasteiger partial charge in [-0.2, -0.15) is 0 Å².